The fourth-order valence-electron chi connectivity index (χ4n) is 2.51. The van der Waals surface area contributed by atoms with E-state index in [-0.39, 0.29) is 0 Å². The van der Waals surface area contributed by atoms with Crippen molar-refractivity contribution in [3.05, 3.63) is 0 Å². The van der Waals surface area contributed by atoms with Crippen LogP contribution < -0.4 is 5.32 Å². The summed E-state index contributed by atoms with van der Waals surface area (Å²) in [6, 6.07) is 0.801. The summed E-state index contributed by atoms with van der Waals surface area (Å²) in [4.78, 5) is 0. The van der Waals surface area contributed by atoms with Crippen LogP contribution in [-0.4, -0.2) is 12.6 Å². The fourth-order valence-corrected chi connectivity index (χ4v) is 2.51. The lowest BCUT2D eigenvalue weighted by Gasteiger charge is -2.50. The molecule has 1 N–H and O–H groups in total. The highest BCUT2D eigenvalue weighted by Gasteiger charge is 2.42. The highest BCUT2D eigenvalue weighted by atomic mass is 14.9. The van der Waals surface area contributed by atoms with Gasteiger partial charge in [0.2, 0.25) is 0 Å². The van der Waals surface area contributed by atoms with Crippen molar-refractivity contribution in [3.63, 3.8) is 0 Å². The molecule has 1 heteroatoms. The van der Waals surface area contributed by atoms with Crippen molar-refractivity contribution in [1.29, 1.82) is 0 Å². The zero-order valence-corrected chi connectivity index (χ0v) is 8.82. The van der Waals surface area contributed by atoms with E-state index in [1.807, 2.05) is 13.8 Å². The van der Waals surface area contributed by atoms with E-state index in [0.29, 0.717) is 0 Å². The van der Waals surface area contributed by atoms with Gasteiger partial charge in [0, 0.05) is 6.04 Å². The van der Waals surface area contributed by atoms with Crippen molar-refractivity contribution in [2.24, 2.45) is 5.41 Å². The lowest BCUT2D eigenvalue weighted by atomic mass is 9.61. The van der Waals surface area contributed by atoms with Gasteiger partial charge in [0.25, 0.3) is 0 Å². The summed E-state index contributed by atoms with van der Waals surface area (Å²) in [5, 5.41) is 3.57. The van der Waals surface area contributed by atoms with E-state index in [1.165, 1.54) is 38.6 Å². The van der Waals surface area contributed by atoms with Crippen LogP contribution in [0, 0.1) is 5.41 Å². The average Bonchev–Trinajstić information content (AvgIpc) is 2.06. The standard InChI is InChI=1S/C9H17N.C2H6/c1-8-9(4-2-5-9)6-3-7-10-8;1-2/h8,10H,2-7H2,1H3;1-2H3. The minimum absolute atomic E-state index is 0.748. The number of piperidine rings is 1. The van der Waals surface area contributed by atoms with Gasteiger partial charge in [-0.3, -0.25) is 0 Å². The molecule has 72 valence electrons. The molecule has 2 fully saturated rings. The summed E-state index contributed by atoms with van der Waals surface area (Å²) < 4.78 is 0. The number of nitrogens with one attached hydrogen (secondary N) is 1. The second-order valence-corrected chi connectivity index (χ2v) is 4.00. The van der Waals surface area contributed by atoms with Crippen molar-refractivity contribution in [1.82, 2.24) is 5.32 Å². The van der Waals surface area contributed by atoms with Crippen LogP contribution in [-0.2, 0) is 0 Å². The molecule has 2 aliphatic rings. The Labute approximate surface area is 76.9 Å². The molecule has 0 radical (unpaired) electrons. The summed E-state index contributed by atoms with van der Waals surface area (Å²) in [7, 11) is 0. The Morgan fingerprint density at radius 1 is 1.08 bits per heavy atom. The molecule has 1 saturated heterocycles. The molecule has 1 spiro atoms. The van der Waals surface area contributed by atoms with Crippen LogP contribution in [0.3, 0.4) is 0 Å². The Morgan fingerprint density at radius 2 is 1.67 bits per heavy atom. The summed E-state index contributed by atoms with van der Waals surface area (Å²) >= 11 is 0. The minimum Gasteiger partial charge on any atom is -0.314 e. The minimum atomic E-state index is 0.748. The van der Waals surface area contributed by atoms with Gasteiger partial charge < -0.3 is 5.32 Å². The predicted molar refractivity (Wildman–Crippen MR) is 54.3 cm³/mol. The molecule has 12 heavy (non-hydrogen) atoms. The molecule has 1 saturated carbocycles. The zero-order valence-electron chi connectivity index (χ0n) is 8.82. The summed E-state index contributed by atoms with van der Waals surface area (Å²) in [6.45, 7) is 7.61. The fraction of sp³-hybridized carbons (Fsp3) is 1.00. The van der Waals surface area contributed by atoms with E-state index in [9.17, 15) is 0 Å². The van der Waals surface area contributed by atoms with Gasteiger partial charge in [-0.2, -0.15) is 0 Å². The van der Waals surface area contributed by atoms with E-state index in [0.717, 1.165) is 11.5 Å². The van der Waals surface area contributed by atoms with Gasteiger partial charge in [-0.1, -0.05) is 20.3 Å². The topological polar surface area (TPSA) is 12.0 Å². The molecule has 1 aliphatic carbocycles. The van der Waals surface area contributed by atoms with Crippen molar-refractivity contribution in [2.45, 2.75) is 58.9 Å². The van der Waals surface area contributed by atoms with Crippen LogP contribution in [0.4, 0.5) is 0 Å². The maximum atomic E-state index is 3.57. The monoisotopic (exact) mass is 169 g/mol. The molecule has 1 nitrogen and oxygen atoms in total. The van der Waals surface area contributed by atoms with E-state index >= 15 is 0 Å². The summed E-state index contributed by atoms with van der Waals surface area (Å²) in [6.07, 6.45) is 7.35. The third-order valence-electron chi connectivity index (χ3n) is 3.57. The molecule has 0 aromatic heterocycles. The molecule has 0 amide bonds. The Kier molecular flexibility index (Phi) is 3.57. The third kappa shape index (κ3) is 1.66. The highest BCUT2D eigenvalue weighted by Crippen LogP contribution is 2.48. The van der Waals surface area contributed by atoms with Crippen LogP contribution in [0.5, 0.6) is 0 Å². The molecule has 1 unspecified atom stereocenters. The van der Waals surface area contributed by atoms with Gasteiger partial charge in [0.15, 0.2) is 0 Å². The largest absolute Gasteiger partial charge is 0.314 e. The van der Waals surface area contributed by atoms with Gasteiger partial charge in [0.1, 0.15) is 0 Å². The summed E-state index contributed by atoms with van der Waals surface area (Å²) in [5.41, 5.74) is 0.748. The Balaban J connectivity index is 0.000000336. The zero-order chi connectivity index (χ0) is 9.03. The van der Waals surface area contributed by atoms with Crippen LogP contribution in [0.25, 0.3) is 0 Å². The quantitative estimate of drug-likeness (QED) is 0.588. The smallest absolute Gasteiger partial charge is 0.00951 e. The van der Waals surface area contributed by atoms with E-state index < -0.39 is 0 Å². The number of rotatable bonds is 0. The first kappa shape index (κ1) is 10.0. The molecular formula is C11H23N. The second-order valence-electron chi connectivity index (χ2n) is 4.00. The van der Waals surface area contributed by atoms with E-state index in [1.54, 1.807) is 0 Å². The molecule has 1 heterocycles. The van der Waals surface area contributed by atoms with Gasteiger partial charge in [0.05, 0.1) is 0 Å². The molecule has 0 aromatic rings. The van der Waals surface area contributed by atoms with Gasteiger partial charge >= 0.3 is 0 Å². The van der Waals surface area contributed by atoms with Crippen molar-refractivity contribution in [3.8, 4) is 0 Å². The van der Waals surface area contributed by atoms with Crippen molar-refractivity contribution >= 4 is 0 Å². The summed E-state index contributed by atoms with van der Waals surface area (Å²) in [5.74, 6) is 0. The van der Waals surface area contributed by atoms with Crippen LogP contribution in [0.1, 0.15) is 52.9 Å². The average molecular weight is 169 g/mol. The normalized spacial score (nSPS) is 31.8. The number of hydrogen-bond acceptors (Lipinski definition) is 1. The maximum absolute atomic E-state index is 3.57. The first-order valence-corrected chi connectivity index (χ1v) is 5.57. The lowest BCUT2D eigenvalue weighted by molar-refractivity contribution is 0.0473. The predicted octanol–water partition coefficient (Wildman–Crippen LogP) is 2.95. The van der Waals surface area contributed by atoms with Crippen LogP contribution in [0.2, 0.25) is 0 Å². The van der Waals surface area contributed by atoms with Crippen molar-refractivity contribution < 1.29 is 0 Å². The molecule has 1 aliphatic heterocycles. The van der Waals surface area contributed by atoms with E-state index in [4.69, 9.17) is 0 Å². The number of hydrogen-bond donors (Lipinski definition) is 1. The maximum Gasteiger partial charge on any atom is 0.00951 e. The third-order valence-corrected chi connectivity index (χ3v) is 3.57. The first-order chi connectivity index (χ1) is 5.83. The van der Waals surface area contributed by atoms with Gasteiger partial charge in [-0.15, -0.1) is 0 Å². The lowest BCUT2D eigenvalue weighted by Crippen LogP contribution is -2.51. The van der Waals surface area contributed by atoms with Gasteiger partial charge in [-0.25, -0.2) is 0 Å². The van der Waals surface area contributed by atoms with Crippen LogP contribution in [0.15, 0.2) is 0 Å². The Hall–Kier alpha value is -0.0400. The molecule has 2 rings (SSSR count). The molecular weight excluding hydrogens is 146 g/mol. The SMILES string of the molecule is CC.CC1NCCCC12CCC2. The molecule has 0 aromatic carbocycles. The van der Waals surface area contributed by atoms with Crippen LogP contribution >= 0.6 is 0 Å². The Morgan fingerprint density at radius 3 is 2.00 bits per heavy atom. The molecule has 1 atom stereocenters. The molecule has 0 bridgehead atoms. The van der Waals surface area contributed by atoms with E-state index in [2.05, 4.69) is 12.2 Å². The van der Waals surface area contributed by atoms with Gasteiger partial charge in [-0.05, 0) is 44.6 Å². The van der Waals surface area contributed by atoms with Crippen molar-refractivity contribution in [2.75, 3.05) is 6.54 Å². The Bertz CT molecular complexity index is 127. The second kappa shape index (κ2) is 4.27. The first-order valence-electron chi connectivity index (χ1n) is 5.57. The highest BCUT2D eigenvalue weighted by molar-refractivity contribution is 4.97.